The predicted molar refractivity (Wildman–Crippen MR) is 162 cm³/mol. The van der Waals surface area contributed by atoms with E-state index in [0.717, 1.165) is 36.8 Å². The van der Waals surface area contributed by atoms with Crippen molar-refractivity contribution in [1.29, 1.82) is 0 Å². The maximum atomic E-state index is 14.0. The van der Waals surface area contributed by atoms with Crippen LogP contribution in [0.3, 0.4) is 0 Å². The lowest BCUT2D eigenvalue weighted by atomic mass is 9.87. The number of nitrogens with one attached hydrogen (secondary N) is 1. The number of carbonyl (C=O) groups excluding carboxylic acids is 2. The van der Waals surface area contributed by atoms with Crippen LogP contribution in [0.4, 0.5) is 0 Å². The third-order valence-corrected chi connectivity index (χ3v) is 8.60. The standard InChI is InChI=1S/C31H39IN2O7/c1-19-7-9-20(10-8-19)17-34(31(39)22-5-3-4-6-22)25-15-23(30(38)33-11-12-35)16-26(28(25)37)41-29-24(32)13-21(18-36)14-27(29)40-2/h7-10,13-14,16,22,25-26,28,35-37H,3-6,11-12,15,17-18H2,1-2H3,(H,33,38). The van der Waals surface area contributed by atoms with Gasteiger partial charge in [0.2, 0.25) is 11.8 Å². The quantitative estimate of drug-likeness (QED) is 0.269. The van der Waals surface area contributed by atoms with Gasteiger partial charge in [0.05, 0.1) is 29.9 Å². The van der Waals surface area contributed by atoms with Gasteiger partial charge in [-0.05, 0) is 71.7 Å². The fraction of sp³-hybridized carbons (Fsp3) is 0.484. The smallest absolute Gasteiger partial charge is 0.247 e. The van der Waals surface area contributed by atoms with Gasteiger partial charge < -0.3 is 35.0 Å². The van der Waals surface area contributed by atoms with E-state index in [-0.39, 0.29) is 43.9 Å². The summed E-state index contributed by atoms with van der Waals surface area (Å²) in [6, 6.07) is 10.6. The first-order valence-corrected chi connectivity index (χ1v) is 15.1. The van der Waals surface area contributed by atoms with Gasteiger partial charge in [0.1, 0.15) is 12.2 Å². The molecule has 0 saturated heterocycles. The molecule has 9 nitrogen and oxygen atoms in total. The second-order valence-corrected chi connectivity index (χ2v) is 11.9. The monoisotopic (exact) mass is 678 g/mol. The molecule has 4 N–H and O–H groups in total. The van der Waals surface area contributed by atoms with Gasteiger partial charge in [-0.15, -0.1) is 0 Å². The molecule has 2 aromatic carbocycles. The fourth-order valence-corrected chi connectivity index (χ4v) is 6.34. The summed E-state index contributed by atoms with van der Waals surface area (Å²) in [5.74, 6) is 0.214. The van der Waals surface area contributed by atoms with Crippen molar-refractivity contribution in [2.75, 3.05) is 20.3 Å². The van der Waals surface area contributed by atoms with Crippen molar-refractivity contribution < 1.29 is 34.4 Å². The Kier molecular flexibility index (Phi) is 11.0. The fourth-order valence-electron chi connectivity index (χ4n) is 5.55. The summed E-state index contributed by atoms with van der Waals surface area (Å²) >= 11 is 2.08. The van der Waals surface area contributed by atoms with Crippen molar-refractivity contribution in [2.24, 2.45) is 5.92 Å². The van der Waals surface area contributed by atoms with Gasteiger partial charge >= 0.3 is 0 Å². The first-order valence-electron chi connectivity index (χ1n) is 14.0. The molecule has 0 heterocycles. The minimum absolute atomic E-state index is 0.0256. The van der Waals surface area contributed by atoms with E-state index in [1.54, 1.807) is 23.1 Å². The van der Waals surface area contributed by atoms with Crippen LogP contribution < -0.4 is 14.8 Å². The highest BCUT2D eigenvalue weighted by atomic mass is 127. The van der Waals surface area contributed by atoms with Gasteiger partial charge in [0.25, 0.3) is 0 Å². The van der Waals surface area contributed by atoms with Crippen molar-refractivity contribution in [3.05, 3.63) is 68.3 Å². The molecular weight excluding hydrogens is 639 g/mol. The van der Waals surface area contributed by atoms with E-state index in [4.69, 9.17) is 9.47 Å². The highest BCUT2D eigenvalue weighted by Crippen LogP contribution is 2.38. The van der Waals surface area contributed by atoms with E-state index in [9.17, 15) is 24.9 Å². The second kappa shape index (κ2) is 14.5. The van der Waals surface area contributed by atoms with Crippen LogP contribution in [-0.2, 0) is 22.7 Å². The van der Waals surface area contributed by atoms with E-state index in [1.165, 1.54) is 7.11 Å². The van der Waals surface area contributed by atoms with E-state index >= 15 is 0 Å². The third-order valence-electron chi connectivity index (χ3n) is 7.80. The summed E-state index contributed by atoms with van der Waals surface area (Å²) in [5, 5.41) is 33.4. The molecule has 0 aromatic heterocycles. The van der Waals surface area contributed by atoms with Crippen molar-refractivity contribution >= 4 is 34.4 Å². The van der Waals surface area contributed by atoms with E-state index < -0.39 is 18.2 Å². The minimum Gasteiger partial charge on any atom is -0.493 e. The molecule has 2 amide bonds. The van der Waals surface area contributed by atoms with Gasteiger partial charge in [0.15, 0.2) is 11.5 Å². The molecule has 0 radical (unpaired) electrons. The molecule has 2 aliphatic carbocycles. The molecule has 10 heteroatoms. The van der Waals surface area contributed by atoms with Gasteiger partial charge in [0, 0.05) is 31.0 Å². The Balaban J connectivity index is 1.72. The van der Waals surface area contributed by atoms with Crippen molar-refractivity contribution in [2.45, 2.75) is 70.4 Å². The number of aliphatic hydroxyl groups excluding tert-OH is 3. The largest absolute Gasteiger partial charge is 0.493 e. The Morgan fingerprint density at radius 1 is 1.10 bits per heavy atom. The third kappa shape index (κ3) is 7.59. The van der Waals surface area contributed by atoms with Crippen LogP contribution in [0.15, 0.2) is 48.0 Å². The number of amides is 2. The number of hydrogen-bond donors (Lipinski definition) is 4. The van der Waals surface area contributed by atoms with Gasteiger partial charge in [-0.2, -0.15) is 0 Å². The number of aryl methyl sites for hydroxylation is 1. The number of halogens is 1. The molecule has 2 aromatic rings. The van der Waals surface area contributed by atoms with E-state index in [1.807, 2.05) is 31.2 Å². The number of aliphatic hydroxyl groups is 3. The Hall–Kier alpha value is -2.67. The molecule has 0 aliphatic heterocycles. The van der Waals surface area contributed by atoms with Gasteiger partial charge in [-0.3, -0.25) is 9.59 Å². The minimum atomic E-state index is -1.14. The number of benzene rings is 2. The lowest BCUT2D eigenvalue weighted by Gasteiger charge is -2.41. The van der Waals surface area contributed by atoms with Crippen LogP contribution in [-0.4, -0.2) is 70.5 Å². The zero-order valence-electron chi connectivity index (χ0n) is 23.5. The maximum Gasteiger partial charge on any atom is 0.247 e. The topological polar surface area (TPSA) is 129 Å². The Morgan fingerprint density at radius 2 is 1.80 bits per heavy atom. The number of methoxy groups -OCH3 is 1. The van der Waals surface area contributed by atoms with Gasteiger partial charge in [-0.25, -0.2) is 0 Å². The number of nitrogens with zero attached hydrogens (tertiary/aromatic N) is 1. The molecule has 1 fully saturated rings. The zero-order valence-corrected chi connectivity index (χ0v) is 25.7. The number of carbonyl (C=O) groups is 2. The number of ether oxygens (including phenoxy) is 2. The Morgan fingerprint density at radius 3 is 2.44 bits per heavy atom. The van der Waals surface area contributed by atoms with Gasteiger partial charge in [-0.1, -0.05) is 42.7 Å². The molecule has 4 rings (SSSR count). The molecule has 1 saturated carbocycles. The predicted octanol–water partition coefficient (Wildman–Crippen LogP) is 3.24. The summed E-state index contributed by atoms with van der Waals surface area (Å²) < 4.78 is 12.5. The molecule has 222 valence electrons. The van der Waals surface area contributed by atoms with Crippen LogP contribution >= 0.6 is 22.6 Å². The normalized spacial score (nSPS) is 20.8. The van der Waals surface area contributed by atoms with Crippen LogP contribution in [0.1, 0.15) is 48.8 Å². The maximum absolute atomic E-state index is 14.0. The molecule has 2 aliphatic rings. The SMILES string of the molecule is COc1cc(CO)cc(I)c1OC1C=C(C(=O)NCCO)CC(N(Cc2ccc(C)cc2)C(=O)C2CCCC2)C1O. The molecule has 3 atom stereocenters. The molecule has 41 heavy (non-hydrogen) atoms. The molecular formula is C31H39IN2O7. The van der Waals surface area contributed by atoms with E-state index in [2.05, 4.69) is 27.9 Å². The average Bonchev–Trinajstić information content (AvgIpc) is 3.52. The number of rotatable bonds is 11. The second-order valence-electron chi connectivity index (χ2n) is 10.7. The molecule has 0 spiro atoms. The summed E-state index contributed by atoms with van der Waals surface area (Å²) in [5.41, 5.74) is 3.05. The first kappa shape index (κ1) is 31.3. The lowest BCUT2D eigenvalue weighted by Crippen LogP contribution is -2.55. The van der Waals surface area contributed by atoms with Crippen molar-refractivity contribution in [3.63, 3.8) is 0 Å². The number of hydrogen-bond acceptors (Lipinski definition) is 7. The average molecular weight is 679 g/mol. The first-order chi connectivity index (χ1) is 19.7. The summed E-state index contributed by atoms with van der Waals surface area (Å²) in [7, 11) is 1.49. The Labute approximate surface area is 254 Å². The summed E-state index contributed by atoms with van der Waals surface area (Å²) in [6.45, 7) is 1.99. The Bertz CT molecular complexity index is 1240. The summed E-state index contributed by atoms with van der Waals surface area (Å²) in [4.78, 5) is 28.8. The van der Waals surface area contributed by atoms with E-state index in [0.29, 0.717) is 32.8 Å². The van der Waals surface area contributed by atoms with Crippen molar-refractivity contribution in [3.8, 4) is 11.5 Å². The lowest BCUT2D eigenvalue weighted by molar-refractivity contribution is -0.143. The zero-order chi connectivity index (χ0) is 29.5. The highest BCUT2D eigenvalue weighted by Gasteiger charge is 2.42. The van der Waals surface area contributed by atoms with Crippen LogP contribution in [0, 0.1) is 16.4 Å². The molecule has 0 bridgehead atoms. The van der Waals surface area contributed by atoms with Crippen LogP contribution in [0.5, 0.6) is 11.5 Å². The van der Waals surface area contributed by atoms with Crippen LogP contribution in [0.2, 0.25) is 0 Å². The highest BCUT2D eigenvalue weighted by molar-refractivity contribution is 14.1. The summed E-state index contributed by atoms with van der Waals surface area (Å²) in [6.07, 6.45) is 3.21. The van der Waals surface area contributed by atoms with Crippen molar-refractivity contribution in [1.82, 2.24) is 10.2 Å². The van der Waals surface area contributed by atoms with Crippen LogP contribution in [0.25, 0.3) is 0 Å². The molecule has 3 unspecified atom stereocenters.